The topological polar surface area (TPSA) is 89.2 Å². The van der Waals surface area contributed by atoms with Crippen molar-refractivity contribution >= 4 is 17.5 Å². The second-order valence-corrected chi connectivity index (χ2v) is 6.06. The van der Waals surface area contributed by atoms with Gasteiger partial charge in [0, 0.05) is 29.7 Å². The summed E-state index contributed by atoms with van der Waals surface area (Å²) in [5.74, 6) is -0.354. The molecule has 2 amide bonds. The summed E-state index contributed by atoms with van der Waals surface area (Å²) in [5.41, 5.74) is 1.89. The minimum absolute atomic E-state index is 0.0927. The average molecular weight is 352 g/mol. The molecule has 0 fully saturated rings. The Kier molecular flexibility index (Phi) is 5.17. The monoisotopic (exact) mass is 352 g/mol. The van der Waals surface area contributed by atoms with Gasteiger partial charge in [-0.05, 0) is 49.7 Å². The fourth-order valence-electron chi connectivity index (χ4n) is 2.53. The molecule has 1 atom stereocenters. The lowest BCUT2D eigenvalue weighted by Crippen LogP contribution is -2.35. The van der Waals surface area contributed by atoms with E-state index in [9.17, 15) is 9.59 Å². The van der Waals surface area contributed by atoms with Gasteiger partial charge in [-0.2, -0.15) is 5.10 Å². The molecule has 0 unspecified atom stereocenters. The Morgan fingerprint density at radius 3 is 2.77 bits per heavy atom. The number of nitrogens with one attached hydrogen (secondary N) is 2. The summed E-state index contributed by atoms with van der Waals surface area (Å²) in [6, 6.07) is 10.2. The summed E-state index contributed by atoms with van der Waals surface area (Å²) in [7, 11) is 0. The molecular weight excluding hydrogens is 332 g/mol. The second-order valence-electron chi connectivity index (χ2n) is 6.06. The van der Waals surface area contributed by atoms with Crippen LogP contribution in [-0.4, -0.2) is 27.6 Å². The van der Waals surface area contributed by atoms with Crippen LogP contribution < -0.4 is 10.6 Å². The summed E-state index contributed by atoms with van der Waals surface area (Å²) in [4.78, 5) is 24.6. The summed E-state index contributed by atoms with van der Waals surface area (Å²) in [6.07, 6.45) is 4.98. The van der Waals surface area contributed by atoms with Crippen LogP contribution in [0.15, 0.2) is 59.5 Å². The van der Waals surface area contributed by atoms with Crippen LogP contribution in [0.5, 0.6) is 0 Å². The molecule has 2 N–H and O–H groups in total. The largest absolute Gasteiger partial charge is 0.459 e. The molecule has 0 saturated heterocycles. The molecule has 2 aromatic heterocycles. The highest BCUT2D eigenvalue weighted by atomic mass is 16.3. The van der Waals surface area contributed by atoms with E-state index in [1.54, 1.807) is 41.2 Å². The number of benzene rings is 1. The maximum absolute atomic E-state index is 12.5. The van der Waals surface area contributed by atoms with Crippen molar-refractivity contribution in [1.82, 2.24) is 15.1 Å². The van der Waals surface area contributed by atoms with Crippen LogP contribution in [0.1, 0.15) is 33.4 Å². The third kappa shape index (κ3) is 4.18. The third-order valence-corrected chi connectivity index (χ3v) is 3.89. The molecule has 134 valence electrons. The number of anilines is 1. The van der Waals surface area contributed by atoms with Crippen molar-refractivity contribution in [2.45, 2.75) is 26.4 Å². The molecule has 0 spiro atoms. The zero-order chi connectivity index (χ0) is 18.5. The highest BCUT2D eigenvalue weighted by molar-refractivity contribution is 6.03. The number of furan rings is 1. The maximum atomic E-state index is 12.5. The van der Waals surface area contributed by atoms with Gasteiger partial charge in [-0.25, -0.2) is 0 Å². The van der Waals surface area contributed by atoms with Gasteiger partial charge in [0.2, 0.25) is 0 Å². The Balaban J connectivity index is 1.68. The lowest BCUT2D eigenvalue weighted by molar-refractivity contribution is 0.0934. The number of rotatable bonds is 6. The highest BCUT2D eigenvalue weighted by Crippen LogP contribution is 2.18. The smallest absolute Gasteiger partial charge is 0.291 e. The zero-order valence-corrected chi connectivity index (χ0v) is 14.6. The van der Waals surface area contributed by atoms with Crippen molar-refractivity contribution < 1.29 is 14.0 Å². The van der Waals surface area contributed by atoms with Crippen LogP contribution in [0.4, 0.5) is 5.69 Å². The number of carbonyl (C=O) groups is 2. The van der Waals surface area contributed by atoms with Gasteiger partial charge in [0.15, 0.2) is 5.76 Å². The van der Waals surface area contributed by atoms with E-state index < -0.39 is 0 Å². The Morgan fingerprint density at radius 2 is 2.08 bits per heavy atom. The fourth-order valence-corrected chi connectivity index (χ4v) is 2.53. The van der Waals surface area contributed by atoms with Gasteiger partial charge in [0.25, 0.3) is 11.8 Å². The van der Waals surface area contributed by atoms with Crippen LogP contribution in [0.2, 0.25) is 0 Å². The van der Waals surface area contributed by atoms with Gasteiger partial charge in [-0.15, -0.1) is 0 Å². The Morgan fingerprint density at radius 1 is 1.23 bits per heavy atom. The molecule has 7 nitrogen and oxygen atoms in total. The van der Waals surface area contributed by atoms with E-state index in [-0.39, 0.29) is 23.6 Å². The van der Waals surface area contributed by atoms with Crippen LogP contribution in [0.25, 0.3) is 0 Å². The van der Waals surface area contributed by atoms with Crippen molar-refractivity contribution in [3.05, 3.63) is 71.9 Å². The quantitative estimate of drug-likeness (QED) is 0.714. The number of aromatic nitrogens is 2. The molecular formula is C19H20N4O3. The van der Waals surface area contributed by atoms with Gasteiger partial charge < -0.3 is 15.1 Å². The van der Waals surface area contributed by atoms with Gasteiger partial charge in [-0.3, -0.25) is 14.3 Å². The van der Waals surface area contributed by atoms with Crippen molar-refractivity contribution in [3.8, 4) is 0 Å². The molecule has 3 rings (SSSR count). The summed E-state index contributed by atoms with van der Waals surface area (Å²) in [5, 5.41) is 9.83. The number of hydrogen-bond donors (Lipinski definition) is 2. The first-order valence-electron chi connectivity index (χ1n) is 8.27. The molecule has 0 saturated carbocycles. The highest BCUT2D eigenvalue weighted by Gasteiger charge is 2.14. The average Bonchev–Trinajstić information content (AvgIpc) is 3.30. The van der Waals surface area contributed by atoms with Crippen LogP contribution in [0, 0.1) is 6.92 Å². The first-order valence-corrected chi connectivity index (χ1v) is 8.27. The minimum Gasteiger partial charge on any atom is -0.459 e. The molecule has 1 aromatic carbocycles. The first-order chi connectivity index (χ1) is 12.5. The number of aryl methyl sites for hydroxylation is 1. The van der Waals surface area contributed by atoms with Gasteiger partial charge in [0.1, 0.15) is 0 Å². The van der Waals surface area contributed by atoms with Gasteiger partial charge in [-0.1, -0.05) is 6.07 Å². The minimum atomic E-state index is -0.359. The Labute approximate surface area is 151 Å². The third-order valence-electron chi connectivity index (χ3n) is 3.89. The van der Waals surface area contributed by atoms with E-state index in [4.69, 9.17) is 4.42 Å². The second kappa shape index (κ2) is 7.69. The SMILES string of the molecule is Cc1ccc(C(=O)N[C@@H](C)Cn2cccn2)cc1NC(=O)c1ccco1. The van der Waals surface area contributed by atoms with Crippen molar-refractivity contribution in [2.24, 2.45) is 0 Å². The summed E-state index contributed by atoms with van der Waals surface area (Å²) < 4.78 is 6.85. The van der Waals surface area contributed by atoms with Crippen molar-refractivity contribution in [3.63, 3.8) is 0 Å². The maximum Gasteiger partial charge on any atom is 0.291 e. The molecule has 0 aliphatic carbocycles. The Hall–Kier alpha value is -3.35. The zero-order valence-electron chi connectivity index (χ0n) is 14.6. The normalized spacial score (nSPS) is 11.8. The molecule has 0 aliphatic heterocycles. The predicted octanol–water partition coefficient (Wildman–Crippen LogP) is 2.86. The molecule has 3 aromatic rings. The molecule has 26 heavy (non-hydrogen) atoms. The molecule has 2 heterocycles. The fraction of sp³-hybridized carbons (Fsp3) is 0.211. The van der Waals surface area contributed by atoms with E-state index in [2.05, 4.69) is 15.7 Å². The van der Waals surface area contributed by atoms with E-state index in [0.29, 0.717) is 17.8 Å². The first kappa shape index (κ1) is 17.5. The van der Waals surface area contributed by atoms with Crippen LogP contribution in [-0.2, 0) is 6.54 Å². The molecule has 0 radical (unpaired) electrons. The van der Waals surface area contributed by atoms with E-state index in [1.165, 1.54) is 6.26 Å². The number of carbonyl (C=O) groups excluding carboxylic acids is 2. The molecule has 0 bridgehead atoms. The number of hydrogen-bond acceptors (Lipinski definition) is 4. The summed E-state index contributed by atoms with van der Waals surface area (Å²) in [6.45, 7) is 4.35. The number of amides is 2. The number of nitrogens with zero attached hydrogens (tertiary/aromatic N) is 2. The predicted molar refractivity (Wildman–Crippen MR) is 97.0 cm³/mol. The van der Waals surface area contributed by atoms with E-state index >= 15 is 0 Å². The van der Waals surface area contributed by atoms with Crippen molar-refractivity contribution in [1.29, 1.82) is 0 Å². The molecule has 7 heteroatoms. The Bertz CT molecular complexity index is 886. The van der Waals surface area contributed by atoms with E-state index in [1.807, 2.05) is 26.1 Å². The van der Waals surface area contributed by atoms with Crippen LogP contribution in [0.3, 0.4) is 0 Å². The lowest BCUT2D eigenvalue weighted by atomic mass is 10.1. The van der Waals surface area contributed by atoms with E-state index in [0.717, 1.165) is 5.56 Å². The summed E-state index contributed by atoms with van der Waals surface area (Å²) >= 11 is 0. The van der Waals surface area contributed by atoms with Gasteiger partial charge in [0.05, 0.1) is 12.8 Å². The lowest BCUT2D eigenvalue weighted by Gasteiger charge is -2.15. The van der Waals surface area contributed by atoms with Crippen LogP contribution >= 0.6 is 0 Å². The van der Waals surface area contributed by atoms with Gasteiger partial charge >= 0.3 is 0 Å². The molecule has 0 aliphatic rings. The standard InChI is InChI=1S/C19H20N4O3/c1-13-6-7-15(11-16(13)22-19(25)17-5-3-10-26-17)18(24)21-14(2)12-23-9-4-8-20-23/h3-11,14H,12H2,1-2H3,(H,21,24)(H,22,25)/t14-/m0/s1. The van der Waals surface area contributed by atoms with Crippen molar-refractivity contribution in [2.75, 3.05) is 5.32 Å².